The van der Waals surface area contributed by atoms with Crippen molar-refractivity contribution in [3.63, 3.8) is 0 Å². The van der Waals surface area contributed by atoms with E-state index < -0.39 is 0 Å². The van der Waals surface area contributed by atoms with Crippen molar-refractivity contribution >= 4 is 5.95 Å². The Morgan fingerprint density at radius 3 is 2.96 bits per heavy atom. The molecule has 4 rings (SSSR count). The minimum absolute atomic E-state index is 0.198. The van der Waals surface area contributed by atoms with Crippen LogP contribution in [0.3, 0.4) is 0 Å². The van der Waals surface area contributed by atoms with Crippen molar-refractivity contribution in [2.24, 2.45) is 0 Å². The number of hydrogen-bond donors (Lipinski definition) is 1. The lowest BCUT2D eigenvalue weighted by molar-refractivity contribution is 0.183. The molecule has 0 aromatic carbocycles. The molecule has 9 heteroatoms. The summed E-state index contributed by atoms with van der Waals surface area (Å²) in [4.78, 5) is 25.0. The van der Waals surface area contributed by atoms with E-state index in [-0.39, 0.29) is 17.6 Å². The van der Waals surface area contributed by atoms with Crippen LogP contribution in [0.1, 0.15) is 6.04 Å². The smallest absolute Gasteiger partial charge is 0.267 e. The number of hydrogen-bond acceptors (Lipinski definition) is 8. The van der Waals surface area contributed by atoms with Crippen LogP contribution in [0.5, 0.6) is 5.88 Å². The first kappa shape index (κ1) is 17.1. The van der Waals surface area contributed by atoms with E-state index in [4.69, 9.17) is 9.47 Å². The quantitative estimate of drug-likeness (QED) is 0.717. The van der Waals surface area contributed by atoms with Crippen molar-refractivity contribution in [3.8, 4) is 17.1 Å². The number of aromatic nitrogens is 5. The number of nitrogens with one attached hydrogen (secondary N) is 1. The third-order valence-electron chi connectivity index (χ3n) is 4.30. The summed E-state index contributed by atoms with van der Waals surface area (Å²) >= 11 is 0. The molecule has 27 heavy (non-hydrogen) atoms. The Kier molecular flexibility index (Phi) is 4.75. The summed E-state index contributed by atoms with van der Waals surface area (Å²) in [6, 6.07) is 8.10. The first-order valence-corrected chi connectivity index (χ1v) is 8.46. The van der Waals surface area contributed by atoms with Crippen molar-refractivity contribution in [2.45, 2.75) is 12.1 Å². The van der Waals surface area contributed by atoms with Crippen molar-refractivity contribution in [2.75, 3.05) is 25.6 Å². The van der Waals surface area contributed by atoms with E-state index in [9.17, 15) is 4.79 Å². The van der Waals surface area contributed by atoms with Crippen LogP contribution in [-0.2, 0) is 4.74 Å². The maximum Gasteiger partial charge on any atom is 0.267 e. The van der Waals surface area contributed by atoms with Crippen LogP contribution in [0.15, 0.2) is 53.7 Å². The molecule has 3 aromatic heterocycles. The highest BCUT2D eigenvalue weighted by atomic mass is 16.5. The maximum absolute atomic E-state index is 12.4. The minimum atomic E-state index is -0.288. The fraction of sp³-hybridized carbons (Fsp3) is 0.278. The van der Waals surface area contributed by atoms with Gasteiger partial charge in [0.15, 0.2) is 0 Å². The lowest BCUT2D eigenvalue weighted by Crippen LogP contribution is -2.37. The van der Waals surface area contributed by atoms with Gasteiger partial charge in [-0.05, 0) is 18.2 Å². The number of anilines is 1. The molecule has 0 saturated carbocycles. The lowest BCUT2D eigenvalue weighted by atomic mass is 10.1. The molecule has 0 radical (unpaired) electrons. The first-order chi connectivity index (χ1) is 13.2. The van der Waals surface area contributed by atoms with Gasteiger partial charge in [-0.1, -0.05) is 0 Å². The van der Waals surface area contributed by atoms with Crippen LogP contribution in [0.4, 0.5) is 5.95 Å². The van der Waals surface area contributed by atoms with E-state index in [0.29, 0.717) is 30.7 Å². The first-order valence-electron chi connectivity index (χ1n) is 8.46. The molecule has 1 saturated heterocycles. The molecule has 1 aliphatic heterocycles. The second-order valence-corrected chi connectivity index (χ2v) is 6.02. The van der Waals surface area contributed by atoms with Crippen LogP contribution in [0.2, 0.25) is 0 Å². The van der Waals surface area contributed by atoms with Gasteiger partial charge in [-0.15, -0.1) is 0 Å². The zero-order valence-corrected chi connectivity index (χ0v) is 14.6. The Morgan fingerprint density at radius 1 is 1.22 bits per heavy atom. The largest absolute Gasteiger partial charge is 0.481 e. The summed E-state index contributed by atoms with van der Waals surface area (Å²) in [5, 5.41) is 7.74. The van der Waals surface area contributed by atoms with E-state index in [1.54, 1.807) is 37.8 Å². The molecule has 9 nitrogen and oxygen atoms in total. The van der Waals surface area contributed by atoms with Gasteiger partial charge in [-0.2, -0.15) is 10.1 Å². The Hall–Kier alpha value is -3.33. The maximum atomic E-state index is 12.4. The Bertz CT molecular complexity index is 978. The standard InChI is InChI=1S/C18H18N6O3/c1-26-16-6-8-20-18(22-16)21-14-10-27-11-15(14)24-17(25)5-4-13(23-24)12-3-2-7-19-9-12/h2-9,14-15H,10-11H2,1H3,(H,20,21,22). The molecule has 1 N–H and O–H groups in total. The SMILES string of the molecule is COc1ccnc(NC2COCC2n2nc(-c3cccnc3)ccc2=O)n1. The fourth-order valence-corrected chi connectivity index (χ4v) is 2.94. The third-order valence-corrected chi connectivity index (χ3v) is 4.30. The van der Waals surface area contributed by atoms with Gasteiger partial charge in [-0.3, -0.25) is 9.78 Å². The predicted molar refractivity (Wildman–Crippen MR) is 97.6 cm³/mol. The van der Waals surface area contributed by atoms with E-state index in [1.165, 1.54) is 10.7 Å². The summed E-state index contributed by atoms with van der Waals surface area (Å²) in [6.45, 7) is 0.779. The van der Waals surface area contributed by atoms with Gasteiger partial charge in [0.25, 0.3) is 5.56 Å². The second-order valence-electron chi connectivity index (χ2n) is 6.02. The van der Waals surface area contributed by atoms with E-state index in [0.717, 1.165) is 5.56 Å². The molecule has 1 aliphatic rings. The highest BCUT2D eigenvalue weighted by molar-refractivity contribution is 5.56. The fourth-order valence-electron chi connectivity index (χ4n) is 2.94. The van der Waals surface area contributed by atoms with Gasteiger partial charge >= 0.3 is 0 Å². The molecule has 1 fully saturated rings. The van der Waals surface area contributed by atoms with Gasteiger partial charge in [0, 0.05) is 36.3 Å². The van der Waals surface area contributed by atoms with Gasteiger partial charge in [0.05, 0.1) is 32.1 Å². The Morgan fingerprint density at radius 2 is 2.15 bits per heavy atom. The van der Waals surface area contributed by atoms with Crippen LogP contribution in [0, 0.1) is 0 Å². The van der Waals surface area contributed by atoms with Crippen molar-refractivity contribution < 1.29 is 9.47 Å². The van der Waals surface area contributed by atoms with Crippen molar-refractivity contribution in [1.82, 2.24) is 24.7 Å². The number of rotatable bonds is 5. The van der Waals surface area contributed by atoms with Gasteiger partial charge in [0.2, 0.25) is 11.8 Å². The third kappa shape index (κ3) is 3.63. The zero-order valence-electron chi connectivity index (χ0n) is 14.6. The highest BCUT2D eigenvalue weighted by Crippen LogP contribution is 2.22. The molecular formula is C18H18N6O3. The van der Waals surface area contributed by atoms with Crippen LogP contribution in [0.25, 0.3) is 11.3 Å². The molecule has 2 atom stereocenters. The molecule has 4 heterocycles. The molecule has 0 aliphatic carbocycles. The van der Waals surface area contributed by atoms with Gasteiger partial charge in [0.1, 0.15) is 6.04 Å². The van der Waals surface area contributed by atoms with Gasteiger partial charge < -0.3 is 14.8 Å². The summed E-state index contributed by atoms with van der Waals surface area (Å²) in [5.74, 6) is 0.864. The normalized spacial score (nSPS) is 19.0. The number of pyridine rings is 1. The molecule has 0 spiro atoms. The second kappa shape index (κ2) is 7.50. The Labute approximate surface area is 155 Å². The predicted octanol–water partition coefficient (Wildman–Crippen LogP) is 1.16. The highest BCUT2D eigenvalue weighted by Gasteiger charge is 2.32. The average Bonchev–Trinajstić information content (AvgIpc) is 3.17. The molecule has 3 aromatic rings. The van der Waals surface area contributed by atoms with Crippen molar-refractivity contribution in [1.29, 1.82) is 0 Å². The van der Waals surface area contributed by atoms with E-state index in [1.807, 2.05) is 12.1 Å². The van der Waals surface area contributed by atoms with E-state index >= 15 is 0 Å². The number of methoxy groups -OCH3 is 1. The molecule has 138 valence electrons. The summed E-state index contributed by atoms with van der Waals surface area (Å²) in [7, 11) is 1.54. The lowest BCUT2D eigenvalue weighted by Gasteiger charge is -2.20. The number of ether oxygens (including phenoxy) is 2. The van der Waals surface area contributed by atoms with Crippen molar-refractivity contribution in [3.05, 3.63) is 59.3 Å². The monoisotopic (exact) mass is 366 g/mol. The average molecular weight is 366 g/mol. The van der Waals surface area contributed by atoms with Crippen LogP contribution < -0.4 is 15.6 Å². The summed E-state index contributed by atoms with van der Waals surface area (Å²) in [6.07, 6.45) is 5.01. The summed E-state index contributed by atoms with van der Waals surface area (Å²) in [5.41, 5.74) is 1.31. The molecule has 0 bridgehead atoms. The Balaban J connectivity index is 1.62. The van der Waals surface area contributed by atoms with Gasteiger partial charge in [-0.25, -0.2) is 9.67 Å². The number of nitrogens with zero attached hydrogens (tertiary/aromatic N) is 5. The molecule has 2 unspecified atom stereocenters. The molecule has 0 amide bonds. The van der Waals surface area contributed by atoms with Crippen LogP contribution in [-0.4, -0.2) is 51.1 Å². The zero-order chi connectivity index (χ0) is 18.6. The summed E-state index contributed by atoms with van der Waals surface area (Å²) < 4.78 is 12.2. The van der Waals surface area contributed by atoms with E-state index in [2.05, 4.69) is 25.4 Å². The van der Waals surface area contributed by atoms with Crippen LogP contribution >= 0.6 is 0 Å². The molecular weight excluding hydrogens is 348 g/mol. The minimum Gasteiger partial charge on any atom is -0.481 e. The topological polar surface area (TPSA) is 104 Å².